The van der Waals surface area contributed by atoms with Crippen LogP contribution >= 0.6 is 11.3 Å². The fourth-order valence-electron chi connectivity index (χ4n) is 2.71. The lowest BCUT2D eigenvalue weighted by molar-refractivity contribution is -0.565. The zero-order valence-corrected chi connectivity index (χ0v) is 13.2. The van der Waals surface area contributed by atoms with Crippen LogP contribution in [0.1, 0.15) is 24.3 Å². The number of allylic oxidation sites excluding steroid dienone is 1. The maximum Gasteiger partial charge on any atom is 0.306 e. The van der Waals surface area contributed by atoms with E-state index in [9.17, 15) is 20.2 Å². The summed E-state index contributed by atoms with van der Waals surface area (Å²) in [5.74, 6) is 0. The number of hydroxylamine groups is 2. The maximum absolute atomic E-state index is 12.9. The number of hydrogen-bond donors (Lipinski definition) is 0. The van der Waals surface area contributed by atoms with Crippen LogP contribution in [0.25, 0.3) is 5.70 Å². The van der Waals surface area contributed by atoms with Crippen molar-refractivity contribution in [3.63, 3.8) is 0 Å². The minimum absolute atomic E-state index is 0.159. The second-order valence-corrected chi connectivity index (χ2v) is 6.28. The summed E-state index contributed by atoms with van der Waals surface area (Å²) in [6.45, 7) is 3.05. The van der Waals surface area contributed by atoms with Crippen molar-refractivity contribution in [2.24, 2.45) is 0 Å². The quantitative estimate of drug-likeness (QED) is 0.484. The number of rotatable bonds is 3. The number of nitroso groups, excluding NO2 is 1. The molecule has 0 radical (unpaired) electrons. The molecule has 2 heterocycles. The highest BCUT2D eigenvalue weighted by Gasteiger charge is 2.55. The zero-order valence-electron chi connectivity index (χ0n) is 12.4. The van der Waals surface area contributed by atoms with E-state index in [4.69, 9.17) is 0 Å². The highest BCUT2D eigenvalue weighted by atomic mass is 32.1. The largest absolute Gasteiger partial charge is 0.753 e. The van der Waals surface area contributed by atoms with Crippen molar-refractivity contribution in [1.29, 1.82) is 0 Å². The Morgan fingerprint density at radius 1 is 1.30 bits per heavy atom. The molecule has 8 heteroatoms. The van der Waals surface area contributed by atoms with Crippen LogP contribution in [0.3, 0.4) is 0 Å². The summed E-state index contributed by atoms with van der Waals surface area (Å²) in [6.07, 6.45) is 0. The standard InChI is InChI=1S/C15H13N3O4S/c1-10-14(13-7-4-8-23-13)17(20)15(2,16(10)19)11-5-3-6-12(9-11)18(21)22/h3-9H,1-2H3/t15-/m1/s1. The number of nitro benzene ring substituents is 1. The van der Waals surface area contributed by atoms with E-state index < -0.39 is 10.6 Å². The first-order chi connectivity index (χ1) is 10.9. The van der Waals surface area contributed by atoms with Crippen LogP contribution < -0.4 is 0 Å². The molecule has 0 amide bonds. The molecule has 118 valence electrons. The zero-order chi connectivity index (χ0) is 16.8. The molecule has 1 aromatic carbocycles. The van der Waals surface area contributed by atoms with Gasteiger partial charge in [0.1, 0.15) is 4.88 Å². The van der Waals surface area contributed by atoms with Crippen molar-refractivity contribution in [3.05, 3.63) is 78.1 Å². The van der Waals surface area contributed by atoms with Crippen molar-refractivity contribution in [2.45, 2.75) is 19.5 Å². The van der Waals surface area contributed by atoms with E-state index in [1.807, 2.05) is 5.38 Å². The Labute approximate surface area is 135 Å². The Bertz CT molecular complexity index is 831. The fraction of sp³-hybridized carbons (Fsp3) is 0.200. The molecular formula is C15H13N3O4S. The molecule has 0 spiro atoms. The molecule has 0 bridgehead atoms. The number of hydrogen-bond acceptors (Lipinski definition) is 6. The Morgan fingerprint density at radius 3 is 2.65 bits per heavy atom. The molecular weight excluding hydrogens is 318 g/mol. The SMILES string of the molecule is CC1=C(c2cccs2)[N+](=O)[C@](C)(c2cccc([N+](=O)[O-])c2)N1[O-]. The smallest absolute Gasteiger partial charge is 0.306 e. The van der Waals surface area contributed by atoms with Crippen LogP contribution in [0.2, 0.25) is 0 Å². The lowest BCUT2D eigenvalue weighted by atomic mass is 10.0. The molecule has 7 nitrogen and oxygen atoms in total. The molecule has 1 aliphatic rings. The summed E-state index contributed by atoms with van der Waals surface area (Å²) >= 11 is 1.36. The fourth-order valence-corrected chi connectivity index (χ4v) is 3.51. The van der Waals surface area contributed by atoms with Gasteiger partial charge in [0.05, 0.1) is 20.9 Å². The first kappa shape index (κ1) is 15.3. The van der Waals surface area contributed by atoms with E-state index >= 15 is 0 Å². The second-order valence-electron chi connectivity index (χ2n) is 5.33. The Hall–Kier alpha value is -2.58. The van der Waals surface area contributed by atoms with E-state index in [1.54, 1.807) is 25.1 Å². The van der Waals surface area contributed by atoms with E-state index in [1.165, 1.54) is 36.5 Å². The van der Waals surface area contributed by atoms with Gasteiger partial charge in [0, 0.05) is 24.0 Å². The first-order valence-corrected chi connectivity index (χ1v) is 7.69. The minimum Gasteiger partial charge on any atom is -0.753 e. The lowest BCUT2D eigenvalue weighted by Crippen LogP contribution is -2.41. The molecule has 1 aliphatic heterocycles. The van der Waals surface area contributed by atoms with Gasteiger partial charge in [0.25, 0.3) is 11.4 Å². The van der Waals surface area contributed by atoms with Gasteiger partial charge in [-0.2, -0.15) is 0 Å². The average molecular weight is 331 g/mol. The summed E-state index contributed by atoms with van der Waals surface area (Å²) in [7, 11) is 0. The summed E-state index contributed by atoms with van der Waals surface area (Å²) in [6, 6.07) is 9.17. The van der Waals surface area contributed by atoms with Gasteiger partial charge in [-0.1, -0.05) is 12.1 Å². The van der Waals surface area contributed by atoms with Gasteiger partial charge in [-0.3, -0.25) is 10.1 Å². The van der Waals surface area contributed by atoms with E-state index in [0.717, 1.165) is 0 Å². The molecule has 0 saturated heterocycles. The van der Waals surface area contributed by atoms with Gasteiger partial charge in [0.2, 0.25) is 0 Å². The van der Waals surface area contributed by atoms with Gasteiger partial charge >= 0.3 is 5.66 Å². The predicted octanol–water partition coefficient (Wildman–Crippen LogP) is 3.81. The molecule has 0 N–H and O–H groups in total. The van der Waals surface area contributed by atoms with Crippen molar-refractivity contribution in [2.75, 3.05) is 0 Å². The summed E-state index contributed by atoms with van der Waals surface area (Å²) in [4.78, 5) is 24.0. The normalized spacial score (nSPS) is 21.2. The number of nitro groups is 1. The molecule has 0 unspecified atom stereocenters. The third-order valence-corrected chi connectivity index (χ3v) is 4.88. The van der Waals surface area contributed by atoms with Gasteiger partial charge in [-0.15, -0.1) is 11.3 Å². The van der Waals surface area contributed by atoms with Crippen LogP contribution in [0.5, 0.6) is 0 Å². The maximum atomic E-state index is 12.9. The van der Waals surface area contributed by atoms with Crippen LogP contribution in [0.15, 0.2) is 47.5 Å². The average Bonchev–Trinajstić information content (AvgIpc) is 3.12. The van der Waals surface area contributed by atoms with Crippen LogP contribution in [0, 0.1) is 20.2 Å². The van der Waals surface area contributed by atoms with Crippen molar-refractivity contribution in [3.8, 4) is 0 Å². The number of thiophene rings is 1. The Balaban J connectivity index is 2.12. The monoisotopic (exact) mass is 331 g/mol. The summed E-state index contributed by atoms with van der Waals surface area (Å²) < 4.78 is 0.639. The number of non-ortho nitro benzene ring substituents is 1. The lowest BCUT2D eigenvalue weighted by Gasteiger charge is -2.34. The topological polar surface area (TPSA) is 89.5 Å². The van der Waals surface area contributed by atoms with Gasteiger partial charge in [-0.05, 0) is 24.4 Å². The van der Waals surface area contributed by atoms with Crippen molar-refractivity contribution < 1.29 is 9.68 Å². The molecule has 1 aromatic heterocycles. The number of nitrogens with zero attached hydrogens (tertiary/aromatic N) is 3. The van der Waals surface area contributed by atoms with Crippen LogP contribution in [-0.2, 0) is 5.66 Å². The Kier molecular flexibility index (Phi) is 3.50. The van der Waals surface area contributed by atoms with E-state index in [0.29, 0.717) is 20.4 Å². The molecule has 0 saturated carbocycles. The molecule has 2 aromatic rings. The van der Waals surface area contributed by atoms with Crippen molar-refractivity contribution >= 4 is 22.7 Å². The predicted molar refractivity (Wildman–Crippen MR) is 86.2 cm³/mol. The third kappa shape index (κ3) is 2.14. The highest BCUT2D eigenvalue weighted by Crippen LogP contribution is 2.45. The number of benzene rings is 1. The van der Waals surface area contributed by atoms with E-state index in [-0.39, 0.29) is 16.9 Å². The van der Waals surface area contributed by atoms with Crippen LogP contribution in [-0.4, -0.2) is 14.7 Å². The van der Waals surface area contributed by atoms with Gasteiger partial charge in [0.15, 0.2) is 0 Å². The molecule has 0 aliphatic carbocycles. The highest BCUT2D eigenvalue weighted by molar-refractivity contribution is 7.11. The Morgan fingerprint density at radius 2 is 2.04 bits per heavy atom. The molecule has 3 rings (SSSR count). The van der Waals surface area contributed by atoms with E-state index in [2.05, 4.69) is 0 Å². The van der Waals surface area contributed by atoms with Gasteiger partial charge < -0.3 is 10.3 Å². The molecule has 1 atom stereocenters. The second kappa shape index (κ2) is 5.25. The summed E-state index contributed by atoms with van der Waals surface area (Å²) in [5.41, 5.74) is -0.870. The molecule has 23 heavy (non-hydrogen) atoms. The van der Waals surface area contributed by atoms with Crippen molar-refractivity contribution in [1.82, 2.24) is 5.06 Å². The summed E-state index contributed by atoms with van der Waals surface area (Å²) in [5, 5.41) is 26.1. The van der Waals surface area contributed by atoms with Crippen LogP contribution in [0.4, 0.5) is 5.69 Å². The first-order valence-electron chi connectivity index (χ1n) is 6.81. The minimum atomic E-state index is -1.57. The van der Waals surface area contributed by atoms with Gasteiger partial charge in [-0.25, -0.2) is 0 Å². The third-order valence-electron chi connectivity index (χ3n) is 4.00. The molecule has 0 fully saturated rings.